The number of hydrogen-bond acceptors (Lipinski definition) is 4. The number of methoxy groups -OCH3 is 1. The zero-order valence-corrected chi connectivity index (χ0v) is 32.5. The molecule has 0 spiro atoms. The third-order valence-corrected chi connectivity index (χ3v) is 23.2. The average Bonchev–Trinajstić information content (AvgIpc) is 2.82. The van der Waals surface area contributed by atoms with Gasteiger partial charge in [-0.1, -0.05) is 104 Å². The van der Waals surface area contributed by atoms with Crippen LogP contribution in [0.5, 0.6) is 0 Å². The van der Waals surface area contributed by atoms with Crippen molar-refractivity contribution in [3.05, 3.63) is 47.0 Å². The standard InChI is InChI=1S/C35H58O4Si3/c1-33(2,3)40(11,12)37-26-25-28-22-21-27-19-17-18-20-29(27)32(39-42(15,16)35(7,8)9)31(24-23-30(28)36-10)38-41(13,14)34(4,5)6/h17-20,25,30-32H,26H2,1-16H3/b28-25-. The summed E-state index contributed by atoms with van der Waals surface area (Å²) in [5.41, 5.74) is 2.77. The summed E-state index contributed by atoms with van der Waals surface area (Å²) in [6.07, 6.45) is 0.713. The van der Waals surface area contributed by atoms with E-state index in [9.17, 15) is 0 Å². The van der Waals surface area contributed by atoms with Crippen LogP contribution in [-0.2, 0) is 18.0 Å². The van der Waals surface area contributed by atoms with E-state index < -0.39 is 37.2 Å². The highest BCUT2D eigenvalue weighted by molar-refractivity contribution is 6.75. The maximum atomic E-state index is 7.20. The lowest BCUT2D eigenvalue weighted by Gasteiger charge is -2.44. The van der Waals surface area contributed by atoms with Gasteiger partial charge in [0.2, 0.25) is 0 Å². The predicted octanol–water partition coefficient (Wildman–Crippen LogP) is 9.47. The molecule has 7 heteroatoms. The van der Waals surface area contributed by atoms with Gasteiger partial charge in [-0.25, -0.2) is 0 Å². The van der Waals surface area contributed by atoms with Crippen LogP contribution in [0, 0.1) is 23.7 Å². The Morgan fingerprint density at radius 1 is 0.714 bits per heavy atom. The zero-order valence-electron chi connectivity index (χ0n) is 29.5. The topological polar surface area (TPSA) is 36.9 Å². The minimum absolute atomic E-state index is 0.0116. The van der Waals surface area contributed by atoms with Crippen LogP contribution in [0.25, 0.3) is 0 Å². The summed E-state index contributed by atoms with van der Waals surface area (Å²) in [5, 5.41) is 0.158. The van der Waals surface area contributed by atoms with E-state index in [-0.39, 0.29) is 21.2 Å². The van der Waals surface area contributed by atoms with Crippen LogP contribution < -0.4 is 0 Å². The third kappa shape index (κ3) is 9.05. The van der Waals surface area contributed by atoms with Crippen LogP contribution in [-0.4, -0.2) is 50.9 Å². The first-order chi connectivity index (χ1) is 18.9. The summed E-state index contributed by atoms with van der Waals surface area (Å²) < 4.78 is 26.7. The van der Waals surface area contributed by atoms with Crippen molar-refractivity contribution in [2.45, 2.75) is 135 Å². The lowest BCUT2D eigenvalue weighted by atomic mass is 9.97. The van der Waals surface area contributed by atoms with Gasteiger partial charge in [-0.2, -0.15) is 0 Å². The molecule has 0 bridgehead atoms. The van der Waals surface area contributed by atoms with Gasteiger partial charge in [-0.15, -0.1) is 0 Å². The van der Waals surface area contributed by atoms with E-state index in [1.807, 2.05) is 12.1 Å². The van der Waals surface area contributed by atoms with Crippen molar-refractivity contribution in [1.82, 2.24) is 0 Å². The van der Waals surface area contributed by atoms with E-state index in [0.717, 1.165) is 16.7 Å². The van der Waals surface area contributed by atoms with E-state index in [2.05, 4.69) is 143 Å². The zero-order chi connectivity index (χ0) is 32.4. The second-order valence-electron chi connectivity index (χ2n) is 16.1. The molecule has 1 aromatic carbocycles. The first-order valence-electron chi connectivity index (χ1n) is 15.3. The molecule has 0 aliphatic heterocycles. The van der Waals surface area contributed by atoms with Crippen LogP contribution in [0.15, 0.2) is 35.9 Å². The summed E-state index contributed by atoms with van der Waals surface area (Å²) in [4.78, 5) is 0. The fraction of sp³-hybridized carbons (Fsp3) is 0.657. The Balaban J connectivity index is 2.77. The maximum Gasteiger partial charge on any atom is 0.193 e. The van der Waals surface area contributed by atoms with Gasteiger partial charge in [0.05, 0.1) is 6.61 Å². The Morgan fingerprint density at radius 2 is 1.24 bits per heavy atom. The van der Waals surface area contributed by atoms with Crippen molar-refractivity contribution in [2.24, 2.45) is 0 Å². The number of ether oxygens (including phenoxy) is 1. The van der Waals surface area contributed by atoms with Gasteiger partial charge >= 0.3 is 0 Å². The van der Waals surface area contributed by atoms with Crippen LogP contribution in [0.4, 0.5) is 0 Å². The maximum absolute atomic E-state index is 7.20. The van der Waals surface area contributed by atoms with Crippen molar-refractivity contribution in [3.63, 3.8) is 0 Å². The lowest BCUT2D eigenvalue weighted by Crippen LogP contribution is -2.49. The summed E-state index contributed by atoms with van der Waals surface area (Å²) in [6, 6.07) is 8.31. The first kappa shape index (κ1) is 36.8. The van der Waals surface area contributed by atoms with Gasteiger partial charge in [0.25, 0.3) is 0 Å². The molecule has 4 nitrogen and oxygen atoms in total. The van der Waals surface area contributed by atoms with Crippen LogP contribution in [0.1, 0.15) is 79.5 Å². The number of fused-ring (bicyclic) bond motifs is 1. The molecule has 0 saturated heterocycles. The smallest absolute Gasteiger partial charge is 0.193 e. The first-order valence-corrected chi connectivity index (χ1v) is 24.0. The lowest BCUT2D eigenvalue weighted by molar-refractivity contribution is 0.0679. The van der Waals surface area contributed by atoms with Crippen molar-refractivity contribution in [1.29, 1.82) is 0 Å². The van der Waals surface area contributed by atoms with E-state index in [4.69, 9.17) is 18.0 Å². The monoisotopic (exact) mass is 626 g/mol. The number of rotatable bonds is 8. The average molecular weight is 627 g/mol. The molecule has 3 atom stereocenters. The molecule has 0 heterocycles. The molecule has 1 aliphatic carbocycles. The number of hydrogen-bond donors (Lipinski definition) is 0. The fourth-order valence-electron chi connectivity index (χ4n) is 3.64. The quantitative estimate of drug-likeness (QED) is 0.213. The van der Waals surface area contributed by atoms with Crippen molar-refractivity contribution < 1.29 is 18.0 Å². The molecule has 1 aliphatic rings. The molecule has 1 aromatic rings. The summed E-state index contributed by atoms with van der Waals surface area (Å²) in [5.74, 6) is 13.8. The molecule has 234 valence electrons. The summed E-state index contributed by atoms with van der Waals surface area (Å²) in [7, 11) is -4.67. The molecular weight excluding hydrogens is 569 g/mol. The van der Waals surface area contributed by atoms with E-state index in [1.165, 1.54) is 0 Å². The van der Waals surface area contributed by atoms with Gasteiger partial charge in [0.1, 0.15) is 12.2 Å². The van der Waals surface area contributed by atoms with Crippen LogP contribution >= 0.6 is 0 Å². The molecule has 2 rings (SSSR count). The van der Waals surface area contributed by atoms with Crippen molar-refractivity contribution in [3.8, 4) is 23.7 Å². The third-order valence-electron chi connectivity index (χ3n) is 9.77. The van der Waals surface area contributed by atoms with Crippen molar-refractivity contribution >= 4 is 25.0 Å². The normalized spacial score (nSPS) is 21.6. The minimum Gasteiger partial charge on any atom is -0.413 e. The van der Waals surface area contributed by atoms with Crippen molar-refractivity contribution in [2.75, 3.05) is 13.7 Å². The molecule has 0 saturated carbocycles. The van der Waals surface area contributed by atoms with E-state index in [0.29, 0.717) is 6.61 Å². The largest absolute Gasteiger partial charge is 0.413 e. The molecule has 0 N–H and O–H groups in total. The Bertz CT molecular complexity index is 1240. The minimum atomic E-state index is -2.23. The predicted molar refractivity (Wildman–Crippen MR) is 186 cm³/mol. The van der Waals surface area contributed by atoms with Gasteiger partial charge in [0.15, 0.2) is 31.1 Å². The molecule has 0 aromatic heterocycles. The van der Waals surface area contributed by atoms with Crippen LogP contribution in [0.2, 0.25) is 54.4 Å². The second kappa shape index (κ2) is 13.3. The molecule has 0 radical (unpaired) electrons. The summed E-state index contributed by atoms with van der Waals surface area (Å²) in [6.45, 7) is 34.5. The Kier molecular flexibility index (Phi) is 11.6. The van der Waals surface area contributed by atoms with Gasteiger partial charge in [0, 0.05) is 18.2 Å². The highest BCUT2D eigenvalue weighted by atomic mass is 28.4. The Morgan fingerprint density at radius 3 is 1.76 bits per heavy atom. The molecule has 0 fully saturated rings. The molecule has 0 amide bonds. The van der Waals surface area contributed by atoms with Gasteiger partial charge in [-0.3, -0.25) is 0 Å². The number of benzene rings is 1. The van der Waals surface area contributed by atoms with Gasteiger partial charge in [-0.05, 0) is 72.1 Å². The molecule has 3 unspecified atom stereocenters. The molecule has 42 heavy (non-hydrogen) atoms. The van der Waals surface area contributed by atoms with Crippen LogP contribution in [0.3, 0.4) is 0 Å². The molecular formula is C35H58O4Si3. The highest BCUT2D eigenvalue weighted by Gasteiger charge is 2.45. The highest BCUT2D eigenvalue weighted by Crippen LogP contribution is 2.44. The SMILES string of the molecule is COC1C#CC(O[Si](C)(C)C(C)(C)C)C(O[Si](C)(C)C(C)(C)C)c2ccccc2C#C/C1=C/CO[Si](C)(C)C(C)(C)C. The van der Waals surface area contributed by atoms with E-state index in [1.54, 1.807) is 7.11 Å². The summed E-state index contributed by atoms with van der Waals surface area (Å²) >= 11 is 0. The van der Waals surface area contributed by atoms with E-state index >= 15 is 0 Å². The Hall–Kier alpha value is -1.43. The van der Waals surface area contributed by atoms with Gasteiger partial charge < -0.3 is 18.0 Å². The Labute approximate surface area is 261 Å². The second-order valence-corrected chi connectivity index (χ2v) is 30.4. The fourth-order valence-corrected chi connectivity index (χ4v) is 6.99.